The highest BCUT2D eigenvalue weighted by molar-refractivity contribution is 5.85. The van der Waals surface area contributed by atoms with Gasteiger partial charge in [0.25, 0.3) is 0 Å². The van der Waals surface area contributed by atoms with Crippen molar-refractivity contribution in [2.24, 2.45) is 5.92 Å². The highest BCUT2D eigenvalue weighted by Crippen LogP contribution is 2.40. The summed E-state index contributed by atoms with van der Waals surface area (Å²) in [6, 6.07) is 9.15. The van der Waals surface area contributed by atoms with E-state index in [1.807, 2.05) is 7.11 Å². The molecule has 0 amide bonds. The topological polar surface area (TPSA) is 41.9 Å². The zero-order valence-electron chi connectivity index (χ0n) is 16.5. The average molecular weight is 386 g/mol. The van der Waals surface area contributed by atoms with Gasteiger partial charge in [0.05, 0.1) is 13.2 Å². The van der Waals surface area contributed by atoms with Crippen LogP contribution in [0, 0.1) is 5.92 Å². The van der Waals surface area contributed by atoms with Gasteiger partial charge in [-0.2, -0.15) is 0 Å². The second-order valence-corrected chi connectivity index (χ2v) is 7.04. The highest BCUT2D eigenvalue weighted by atomic mass is 35.5. The molecule has 3 atom stereocenters. The van der Waals surface area contributed by atoms with E-state index in [9.17, 15) is 0 Å². The lowest BCUT2D eigenvalue weighted by Crippen LogP contribution is -2.47. The Morgan fingerprint density at radius 2 is 1.54 bits per heavy atom. The van der Waals surface area contributed by atoms with Gasteiger partial charge in [-0.25, -0.2) is 0 Å². The number of aliphatic hydroxyl groups is 1. The van der Waals surface area contributed by atoms with Crippen LogP contribution < -0.4 is 4.74 Å². The van der Waals surface area contributed by atoms with Crippen molar-refractivity contribution in [2.45, 2.75) is 57.1 Å². The molecule has 0 radical (unpaired) electrons. The fourth-order valence-electron chi connectivity index (χ4n) is 4.55. The molecule has 1 saturated carbocycles. The van der Waals surface area contributed by atoms with Gasteiger partial charge < -0.3 is 19.5 Å². The van der Waals surface area contributed by atoms with Gasteiger partial charge in [0.1, 0.15) is 5.75 Å². The van der Waals surface area contributed by atoms with E-state index in [1.165, 1.54) is 63.6 Å². The van der Waals surface area contributed by atoms with Crippen LogP contribution >= 0.6 is 12.4 Å². The van der Waals surface area contributed by atoms with Crippen molar-refractivity contribution < 1.29 is 14.6 Å². The molecule has 1 aliphatic carbocycles. The van der Waals surface area contributed by atoms with E-state index in [0.29, 0.717) is 12.0 Å². The molecule has 4 nitrogen and oxygen atoms in total. The van der Waals surface area contributed by atoms with E-state index < -0.39 is 0 Å². The summed E-state index contributed by atoms with van der Waals surface area (Å²) in [5.74, 6) is 1.53. The zero-order chi connectivity index (χ0) is 18.1. The van der Waals surface area contributed by atoms with Gasteiger partial charge in [0, 0.05) is 26.2 Å². The number of halogens is 1. The van der Waals surface area contributed by atoms with Gasteiger partial charge >= 0.3 is 0 Å². The first-order chi connectivity index (χ1) is 12.3. The molecule has 1 N–H and O–H groups in total. The van der Waals surface area contributed by atoms with Gasteiger partial charge in [-0.1, -0.05) is 31.4 Å². The van der Waals surface area contributed by atoms with E-state index in [4.69, 9.17) is 14.6 Å². The third-order valence-corrected chi connectivity index (χ3v) is 5.73. The predicted octanol–water partition coefficient (Wildman–Crippen LogP) is 4.46. The summed E-state index contributed by atoms with van der Waals surface area (Å²) >= 11 is 0. The van der Waals surface area contributed by atoms with Gasteiger partial charge in [-0.3, -0.25) is 0 Å². The molecule has 1 aromatic carbocycles. The Balaban J connectivity index is 0.00000109. The van der Waals surface area contributed by atoms with Crippen molar-refractivity contribution in [3.8, 4) is 5.75 Å². The SMILES string of the molecule is CO.COc1ccc(C(OC)C2CCCCC2N2CCCCC2)cc1.Cl. The van der Waals surface area contributed by atoms with E-state index in [-0.39, 0.29) is 18.5 Å². The van der Waals surface area contributed by atoms with E-state index >= 15 is 0 Å². The van der Waals surface area contributed by atoms with Crippen molar-refractivity contribution >= 4 is 12.4 Å². The lowest BCUT2D eigenvalue weighted by molar-refractivity contribution is -0.0204. The van der Waals surface area contributed by atoms with Crippen LogP contribution in [0.15, 0.2) is 24.3 Å². The monoisotopic (exact) mass is 385 g/mol. The molecule has 3 unspecified atom stereocenters. The summed E-state index contributed by atoms with van der Waals surface area (Å²) in [5.41, 5.74) is 1.29. The van der Waals surface area contributed by atoms with E-state index in [2.05, 4.69) is 29.2 Å². The maximum atomic E-state index is 7.00. The fourth-order valence-corrected chi connectivity index (χ4v) is 4.55. The Bertz CT molecular complexity index is 477. The number of likely N-dealkylation sites (tertiary alicyclic amines) is 1. The summed E-state index contributed by atoms with van der Waals surface area (Å²) in [4.78, 5) is 2.75. The Labute approximate surface area is 165 Å². The standard InChI is InChI=1S/C20H31NO2.CH4O.ClH/c1-22-17-12-10-16(11-13-17)20(23-2)18-8-4-5-9-19(18)21-14-6-3-7-15-21;1-2;/h10-13,18-20H,3-9,14-15H2,1-2H3;2H,1H3;1H. The first-order valence-corrected chi connectivity index (χ1v) is 9.69. The lowest BCUT2D eigenvalue weighted by Gasteiger charge is -2.44. The fraction of sp³-hybridized carbons (Fsp3) is 0.714. The van der Waals surface area contributed by atoms with Crippen LogP contribution in [0.1, 0.15) is 56.6 Å². The summed E-state index contributed by atoms with van der Waals surface area (Å²) < 4.78 is 11.3. The molecule has 0 aromatic heterocycles. The molecule has 3 rings (SSSR count). The van der Waals surface area contributed by atoms with Crippen LogP contribution in [0.4, 0.5) is 0 Å². The number of methoxy groups -OCH3 is 2. The van der Waals surface area contributed by atoms with Crippen molar-refractivity contribution in [2.75, 3.05) is 34.4 Å². The lowest BCUT2D eigenvalue weighted by atomic mass is 9.77. The number of piperidine rings is 1. The van der Waals surface area contributed by atoms with Gasteiger partial charge in [0.2, 0.25) is 0 Å². The number of nitrogens with zero attached hydrogens (tertiary/aromatic N) is 1. The molecular weight excluding hydrogens is 350 g/mol. The average Bonchev–Trinajstić information content (AvgIpc) is 2.72. The third kappa shape index (κ3) is 5.85. The molecular formula is C21H36ClNO3. The largest absolute Gasteiger partial charge is 0.497 e. The minimum atomic E-state index is 0. The molecule has 1 aromatic rings. The van der Waals surface area contributed by atoms with Crippen molar-refractivity contribution in [1.29, 1.82) is 0 Å². The van der Waals surface area contributed by atoms with Gasteiger partial charge in [0.15, 0.2) is 0 Å². The molecule has 26 heavy (non-hydrogen) atoms. The molecule has 1 saturated heterocycles. The number of hydrogen-bond donors (Lipinski definition) is 1. The number of rotatable bonds is 5. The van der Waals surface area contributed by atoms with E-state index in [1.54, 1.807) is 7.11 Å². The quantitative estimate of drug-likeness (QED) is 0.812. The number of aliphatic hydroxyl groups excluding tert-OH is 1. The van der Waals surface area contributed by atoms with Crippen LogP contribution in [-0.4, -0.2) is 50.5 Å². The molecule has 2 aliphatic rings. The number of benzene rings is 1. The Hall–Kier alpha value is -0.810. The first kappa shape index (κ1) is 23.2. The molecule has 0 bridgehead atoms. The minimum absolute atomic E-state index is 0. The molecule has 0 spiro atoms. The number of hydrogen-bond acceptors (Lipinski definition) is 4. The van der Waals surface area contributed by atoms with Crippen LogP contribution in [0.25, 0.3) is 0 Å². The van der Waals surface area contributed by atoms with Crippen molar-refractivity contribution in [3.05, 3.63) is 29.8 Å². The van der Waals surface area contributed by atoms with Gasteiger partial charge in [-0.15, -0.1) is 12.4 Å². The summed E-state index contributed by atoms with van der Waals surface area (Å²) in [6.45, 7) is 2.56. The van der Waals surface area contributed by atoms with Crippen molar-refractivity contribution in [1.82, 2.24) is 4.90 Å². The molecule has 150 valence electrons. The second-order valence-electron chi connectivity index (χ2n) is 7.04. The van der Waals surface area contributed by atoms with Crippen molar-refractivity contribution in [3.63, 3.8) is 0 Å². The third-order valence-electron chi connectivity index (χ3n) is 5.73. The number of ether oxygens (including phenoxy) is 2. The normalized spacial score (nSPS) is 24.6. The van der Waals surface area contributed by atoms with Crippen LogP contribution in [0.3, 0.4) is 0 Å². The van der Waals surface area contributed by atoms with Crippen LogP contribution in [-0.2, 0) is 4.74 Å². The Morgan fingerprint density at radius 1 is 0.923 bits per heavy atom. The molecule has 1 heterocycles. The Morgan fingerprint density at radius 3 is 2.12 bits per heavy atom. The van der Waals surface area contributed by atoms with Crippen LogP contribution in [0.5, 0.6) is 5.75 Å². The van der Waals surface area contributed by atoms with E-state index in [0.717, 1.165) is 12.9 Å². The molecule has 2 fully saturated rings. The summed E-state index contributed by atoms with van der Waals surface area (Å²) in [7, 11) is 4.59. The Kier molecular flexibility index (Phi) is 11.2. The smallest absolute Gasteiger partial charge is 0.118 e. The minimum Gasteiger partial charge on any atom is -0.497 e. The molecule has 5 heteroatoms. The predicted molar refractivity (Wildman–Crippen MR) is 109 cm³/mol. The summed E-state index contributed by atoms with van der Waals surface area (Å²) in [6.07, 6.45) is 9.66. The van der Waals surface area contributed by atoms with Crippen LogP contribution in [0.2, 0.25) is 0 Å². The summed E-state index contributed by atoms with van der Waals surface area (Å²) in [5, 5.41) is 7.00. The first-order valence-electron chi connectivity index (χ1n) is 9.69. The van der Waals surface area contributed by atoms with Gasteiger partial charge in [-0.05, 0) is 56.5 Å². The maximum absolute atomic E-state index is 7.00. The second kappa shape index (κ2) is 12.6. The highest BCUT2D eigenvalue weighted by Gasteiger charge is 2.36. The maximum Gasteiger partial charge on any atom is 0.118 e. The zero-order valence-corrected chi connectivity index (χ0v) is 17.3. The molecule has 1 aliphatic heterocycles.